The Hall–Kier alpha value is -0.400. The Labute approximate surface area is 133 Å². The standard InChI is InChI=1S/C12H16Br2N2O2S/c1-7(2)6-16-10(17)3-4-15-12(18)8-5-9(13)19-11(8)14/h5,7H,3-4,6H2,1-2H3,(H,15,18)(H,16,17). The van der Waals surface area contributed by atoms with Crippen molar-refractivity contribution in [1.82, 2.24) is 10.6 Å². The number of halogens is 2. The second kappa shape index (κ2) is 8.01. The highest BCUT2D eigenvalue weighted by Crippen LogP contribution is 2.31. The summed E-state index contributed by atoms with van der Waals surface area (Å²) in [5.41, 5.74) is 0.583. The Morgan fingerprint density at radius 1 is 1.32 bits per heavy atom. The quantitative estimate of drug-likeness (QED) is 0.755. The molecule has 2 amide bonds. The zero-order valence-corrected chi connectivity index (χ0v) is 14.7. The van der Waals surface area contributed by atoms with Gasteiger partial charge in [-0.2, -0.15) is 0 Å². The van der Waals surface area contributed by atoms with E-state index in [0.717, 1.165) is 7.57 Å². The van der Waals surface area contributed by atoms with Gasteiger partial charge in [-0.05, 0) is 43.8 Å². The lowest BCUT2D eigenvalue weighted by Gasteiger charge is -2.08. The van der Waals surface area contributed by atoms with Crippen molar-refractivity contribution < 1.29 is 9.59 Å². The minimum absolute atomic E-state index is 0.0421. The highest BCUT2D eigenvalue weighted by molar-refractivity contribution is 9.12. The summed E-state index contributed by atoms with van der Waals surface area (Å²) < 4.78 is 1.67. The Morgan fingerprint density at radius 2 is 2.00 bits per heavy atom. The fourth-order valence-electron chi connectivity index (χ4n) is 1.29. The predicted molar refractivity (Wildman–Crippen MR) is 84.5 cm³/mol. The molecule has 0 bridgehead atoms. The molecule has 2 N–H and O–H groups in total. The van der Waals surface area contributed by atoms with Gasteiger partial charge in [0.2, 0.25) is 5.91 Å². The summed E-state index contributed by atoms with van der Waals surface area (Å²) in [6.07, 6.45) is 0.293. The number of nitrogens with one attached hydrogen (secondary N) is 2. The van der Waals surface area contributed by atoms with Crippen LogP contribution in [-0.2, 0) is 4.79 Å². The van der Waals surface area contributed by atoms with Gasteiger partial charge in [-0.25, -0.2) is 0 Å². The van der Waals surface area contributed by atoms with Gasteiger partial charge in [-0.3, -0.25) is 9.59 Å². The molecule has 0 atom stereocenters. The van der Waals surface area contributed by atoms with Crippen molar-refractivity contribution in [3.63, 3.8) is 0 Å². The summed E-state index contributed by atoms with van der Waals surface area (Å²) >= 11 is 8.09. The molecule has 7 heteroatoms. The van der Waals surface area contributed by atoms with Gasteiger partial charge in [0, 0.05) is 19.5 Å². The van der Waals surface area contributed by atoms with Crippen molar-refractivity contribution in [2.24, 2.45) is 5.92 Å². The fraction of sp³-hybridized carbons (Fsp3) is 0.500. The van der Waals surface area contributed by atoms with E-state index in [1.807, 2.05) is 13.8 Å². The molecule has 0 aliphatic rings. The third kappa shape index (κ3) is 6.05. The molecule has 4 nitrogen and oxygen atoms in total. The van der Waals surface area contributed by atoms with Crippen LogP contribution in [-0.4, -0.2) is 24.9 Å². The van der Waals surface area contributed by atoms with E-state index in [1.165, 1.54) is 11.3 Å². The van der Waals surface area contributed by atoms with Crippen molar-refractivity contribution in [2.45, 2.75) is 20.3 Å². The molecule has 0 unspecified atom stereocenters. The maximum Gasteiger partial charge on any atom is 0.253 e. The van der Waals surface area contributed by atoms with Crippen LogP contribution in [0.1, 0.15) is 30.6 Å². The molecule has 0 aliphatic heterocycles. The highest BCUT2D eigenvalue weighted by Gasteiger charge is 2.13. The van der Waals surface area contributed by atoms with Gasteiger partial charge in [-0.1, -0.05) is 13.8 Å². The van der Waals surface area contributed by atoms with Gasteiger partial charge in [0.1, 0.15) is 0 Å². The van der Waals surface area contributed by atoms with E-state index in [-0.39, 0.29) is 11.8 Å². The van der Waals surface area contributed by atoms with Crippen LogP contribution < -0.4 is 10.6 Å². The van der Waals surface area contributed by atoms with Crippen molar-refractivity contribution in [3.05, 3.63) is 19.2 Å². The highest BCUT2D eigenvalue weighted by atomic mass is 79.9. The van der Waals surface area contributed by atoms with Gasteiger partial charge in [0.15, 0.2) is 0 Å². The van der Waals surface area contributed by atoms with Crippen LogP contribution in [0, 0.1) is 5.92 Å². The van der Waals surface area contributed by atoms with E-state index < -0.39 is 0 Å². The molecule has 0 radical (unpaired) electrons. The summed E-state index contributed by atoms with van der Waals surface area (Å²) in [6.45, 7) is 5.07. The maximum atomic E-state index is 11.8. The van der Waals surface area contributed by atoms with Gasteiger partial charge in [0.25, 0.3) is 5.91 Å². The van der Waals surface area contributed by atoms with Gasteiger partial charge in [-0.15, -0.1) is 11.3 Å². The minimum Gasteiger partial charge on any atom is -0.356 e. The monoisotopic (exact) mass is 410 g/mol. The average molecular weight is 412 g/mol. The molecule has 1 heterocycles. The average Bonchev–Trinajstić information content (AvgIpc) is 2.65. The first-order chi connectivity index (χ1) is 8.90. The number of carbonyl (C=O) groups excluding carboxylic acids is 2. The lowest BCUT2D eigenvalue weighted by atomic mass is 10.2. The zero-order chi connectivity index (χ0) is 14.4. The molecule has 0 aromatic carbocycles. The lowest BCUT2D eigenvalue weighted by molar-refractivity contribution is -0.121. The summed E-state index contributed by atoms with van der Waals surface area (Å²) in [7, 11) is 0. The molecule has 19 heavy (non-hydrogen) atoms. The molecular formula is C12H16Br2N2O2S. The van der Waals surface area contributed by atoms with Gasteiger partial charge >= 0.3 is 0 Å². The second-order valence-corrected chi connectivity index (χ2v) is 8.19. The third-order valence-electron chi connectivity index (χ3n) is 2.25. The molecule has 106 valence electrons. The molecule has 0 fully saturated rings. The topological polar surface area (TPSA) is 58.2 Å². The van der Waals surface area contributed by atoms with Crippen molar-refractivity contribution >= 4 is 55.0 Å². The molecule has 1 rings (SSSR count). The number of hydrogen-bond acceptors (Lipinski definition) is 3. The molecule has 1 aromatic rings. The summed E-state index contributed by atoms with van der Waals surface area (Å²) in [5, 5.41) is 5.53. The number of amides is 2. The molecule has 0 aliphatic carbocycles. The summed E-state index contributed by atoms with van der Waals surface area (Å²) in [6, 6.07) is 1.75. The summed E-state index contributed by atoms with van der Waals surface area (Å²) in [4.78, 5) is 23.3. The molecule has 0 saturated carbocycles. The first-order valence-electron chi connectivity index (χ1n) is 5.90. The Bertz CT molecular complexity index is 461. The van der Waals surface area contributed by atoms with Crippen LogP contribution in [0.4, 0.5) is 0 Å². The fourth-order valence-corrected chi connectivity index (χ4v) is 4.08. The number of thiophene rings is 1. The first-order valence-corrected chi connectivity index (χ1v) is 8.30. The van der Waals surface area contributed by atoms with E-state index in [2.05, 4.69) is 42.5 Å². The lowest BCUT2D eigenvalue weighted by Crippen LogP contribution is -2.32. The van der Waals surface area contributed by atoms with E-state index in [4.69, 9.17) is 0 Å². The van der Waals surface area contributed by atoms with Crippen LogP contribution in [0.5, 0.6) is 0 Å². The SMILES string of the molecule is CC(C)CNC(=O)CCNC(=O)c1cc(Br)sc1Br. The normalized spacial score (nSPS) is 10.6. The number of rotatable bonds is 6. The van der Waals surface area contributed by atoms with Gasteiger partial charge < -0.3 is 10.6 Å². The minimum atomic E-state index is -0.175. The van der Waals surface area contributed by atoms with E-state index in [1.54, 1.807) is 6.07 Å². The second-order valence-electron chi connectivity index (χ2n) is 4.44. The smallest absolute Gasteiger partial charge is 0.253 e. The molecular weight excluding hydrogens is 396 g/mol. The maximum absolute atomic E-state index is 11.8. The number of hydrogen-bond donors (Lipinski definition) is 2. The van der Waals surface area contributed by atoms with E-state index in [9.17, 15) is 9.59 Å². The van der Waals surface area contributed by atoms with E-state index >= 15 is 0 Å². The Kier molecular flexibility index (Phi) is 7.02. The van der Waals surface area contributed by atoms with Crippen LogP contribution >= 0.6 is 43.2 Å². The van der Waals surface area contributed by atoms with Crippen LogP contribution in [0.3, 0.4) is 0 Å². The third-order valence-corrected chi connectivity index (χ3v) is 4.59. The molecule has 0 saturated heterocycles. The van der Waals surface area contributed by atoms with Crippen molar-refractivity contribution in [1.29, 1.82) is 0 Å². The zero-order valence-electron chi connectivity index (χ0n) is 10.8. The Morgan fingerprint density at radius 3 is 2.53 bits per heavy atom. The Balaban J connectivity index is 2.31. The van der Waals surface area contributed by atoms with Crippen LogP contribution in [0.2, 0.25) is 0 Å². The molecule has 1 aromatic heterocycles. The number of carbonyl (C=O) groups is 2. The van der Waals surface area contributed by atoms with Crippen LogP contribution in [0.25, 0.3) is 0 Å². The largest absolute Gasteiger partial charge is 0.356 e. The van der Waals surface area contributed by atoms with Crippen LogP contribution in [0.15, 0.2) is 13.6 Å². The first kappa shape index (κ1) is 16.7. The molecule has 0 spiro atoms. The predicted octanol–water partition coefficient (Wildman–Crippen LogP) is 3.17. The van der Waals surface area contributed by atoms with Crippen molar-refractivity contribution in [3.8, 4) is 0 Å². The van der Waals surface area contributed by atoms with Gasteiger partial charge in [0.05, 0.1) is 13.1 Å². The summed E-state index contributed by atoms with van der Waals surface area (Å²) in [5.74, 6) is 0.211. The van der Waals surface area contributed by atoms with Crippen molar-refractivity contribution in [2.75, 3.05) is 13.1 Å². The van der Waals surface area contributed by atoms with E-state index in [0.29, 0.717) is 31.0 Å².